The molecule has 0 aliphatic carbocycles. The number of thiophene rings is 1. The molecule has 0 aromatic carbocycles. The fraction of sp³-hybridized carbons (Fsp3) is 0.273. The van der Waals surface area contributed by atoms with Gasteiger partial charge >= 0.3 is 5.97 Å². The highest BCUT2D eigenvalue weighted by molar-refractivity contribution is 8.00. The van der Waals surface area contributed by atoms with Crippen LogP contribution < -0.4 is 5.32 Å². The number of methoxy groups -OCH3 is 1. The molecule has 2 aromatic heterocycles. The number of fused-ring (bicyclic) bond motifs is 1. The summed E-state index contributed by atoms with van der Waals surface area (Å²) in [5, 5.41) is 5.17. The molecule has 8 heteroatoms. The molecule has 19 heavy (non-hydrogen) atoms. The molecule has 0 unspecified atom stereocenters. The van der Waals surface area contributed by atoms with E-state index in [9.17, 15) is 9.59 Å². The predicted molar refractivity (Wildman–Crippen MR) is 73.2 cm³/mol. The highest BCUT2D eigenvalue weighted by atomic mass is 32.2. The number of esters is 1. The average molecular weight is 297 g/mol. The molecule has 6 nitrogen and oxygen atoms in total. The number of nitrogens with zero attached hydrogens (tertiary/aromatic N) is 2. The van der Waals surface area contributed by atoms with Gasteiger partial charge in [0.25, 0.3) is 0 Å². The SMILES string of the molecule is COC(=O)CNC(=O)CSc1ncnc2ccsc12. The zero-order valence-electron chi connectivity index (χ0n) is 10.1. The largest absolute Gasteiger partial charge is 0.468 e. The Hall–Kier alpha value is -1.67. The van der Waals surface area contributed by atoms with Gasteiger partial charge in [0.15, 0.2) is 0 Å². The van der Waals surface area contributed by atoms with Crippen LogP contribution in [0.4, 0.5) is 0 Å². The smallest absolute Gasteiger partial charge is 0.325 e. The molecule has 0 saturated heterocycles. The van der Waals surface area contributed by atoms with Crippen molar-refractivity contribution in [3.8, 4) is 0 Å². The third kappa shape index (κ3) is 3.65. The Morgan fingerprint density at radius 1 is 1.47 bits per heavy atom. The second-order valence-electron chi connectivity index (χ2n) is 3.46. The van der Waals surface area contributed by atoms with Crippen molar-refractivity contribution in [3.05, 3.63) is 17.8 Å². The molecule has 0 aliphatic rings. The molecule has 2 aromatic rings. The lowest BCUT2D eigenvalue weighted by molar-refractivity contribution is -0.140. The second kappa shape index (κ2) is 6.48. The van der Waals surface area contributed by atoms with E-state index >= 15 is 0 Å². The number of nitrogens with one attached hydrogen (secondary N) is 1. The van der Waals surface area contributed by atoms with E-state index in [0.717, 1.165) is 15.2 Å². The minimum absolute atomic E-state index is 0.117. The van der Waals surface area contributed by atoms with E-state index in [0.29, 0.717) is 0 Å². The second-order valence-corrected chi connectivity index (χ2v) is 5.34. The molecule has 2 heterocycles. The molecule has 2 rings (SSSR count). The van der Waals surface area contributed by atoms with Crippen LogP contribution in [0.25, 0.3) is 10.2 Å². The first kappa shape index (κ1) is 13.8. The van der Waals surface area contributed by atoms with Gasteiger partial charge in [0.2, 0.25) is 5.91 Å². The van der Waals surface area contributed by atoms with E-state index in [1.54, 1.807) is 0 Å². The van der Waals surface area contributed by atoms with Gasteiger partial charge in [-0.15, -0.1) is 11.3 Å². The summed E-state index contributed by atoms with van der Waals surface area (Å²) in [6.45, 7) is -0.117. The van der Waals surface area contributed by atoms with Crippen LogP contribution >= 0.6 is 23.1 Å². The molecular weight excluding hydrogens is 286 g/mol. The van der Waals surface area contributed by atoms with Gasteiger partial charge in [-0.2, -0.15) is 0 Å². The Bertz CT molecular complexity index is 600. The molecule has 0 atom stereocenters. The molecule has 1 amide bonds. The number of hydrogen-bond acceptors (Lipinski definition) is 7. The van der Waals surface area contributed by atoms with Gasteiger partial charge in [0.1, 0.15) is 17.9 Å². The van der Waals surface area contributed by atoms with Crippen molar-refractivity contribution in [2.45, 2.75) is 5.03 Å². The maximum atomic E-state index is 11.5. The summed E-state index contributed by atoms with van der Waals surface area (Å²) in [6.07, 6.45) is 1.48. The van der Waals surface area contributed by atoms with Gasteiger partial charge in [-0.05, 0) is 11.4 Å². The molecule has 0 spiro atoms. The third-order valence-electron chi connectivity index (χ3n) is 2.21. The molecule has 0 aliphatic heterocycles. The summed E-state index contributed by atoms with van der Waals surface area (Å²) < 4.78 is 5.40. The number of thioether (sulfide) groups is 1. The van der Waals surface area contributed by atoms with E-state index in [1.807, 2.05) is 11.4 Å². The van der Waals surface area contributed by atoms with Crippen molar-refractivity contribution < 1.29 is 14.3 Å². The molecule has 100 valence electrons. The van der Waals surface area contributed by atoms with Crippen molar-refractivity contribution in [2.75, 3.05) is 19.4 Å². The Morgan fingerprint density at radius 2 is 2.32 bits per heavy atom. The lowest BCUT2D eigenvalue weighted by Gasteiger charge is -2.03. The van der Waals surface area contributed by atoms with Crippen molar-refractivity contribution in [1.82, 2.24) is 15.3 Å². The first-order chi connectivity index (χ1) is 9.20. The summed E-state index contributed by atoms with van der Waals surface area (Å²) in [5.74, 6) is -0.513. The van der Waals surface area contributed by atoms with E-state index in [2.05, 4.69) is 20.0 Å². The lowest BCUT2D eigenvalue weighted by atomic mass is 10.5. The van der Waals surface area contributed by atoms with Gasteiger partial charge in [-0.25, -0.2) is 9.97 Å². The topological polar surface area (TPSA) is 81.2 Å². The molecule has 0 fully saturated rings. The van der Waals surface area contributed by atoms with Gasteiger partial charge in [-0.3, -0.25) is 9.59 Å². The van der Waals surface area contributed by atoms with E-state index in [1.165, 1.54) is 36.5 Å². The first-order valence-corrected chi connectivity index (χ1v) is 7.21. The number of ether oxygens (including phenoxy) is 1. The summed E-state index contributed by atoms with van der Waals surface area (Å²) in [5.41, 5.74) is 0.873. The quantitative estimate of drug-likeness (QED) is 0.505. The molecular formula is C11H11N3O3S2. The van der Waals surface area contributed by atoms with Crippen LogP contribution in [0.5, 0.6) is 0 Å². The zero-order chi connectivity index (χ0) is 13.7. The minimum Gasteiger partial charge on any atom is -0.468 e. The fourth-order valence-corrected chi connectivity index (χ4v) is 3.07. The Balaban J connectivity index is 1.90. The van der Waals surface area contributed by atoms with Crippen LogP contribution in [0.15, 0.2) is 22.8 Å². The Labute approximate surface area is 117 Å². The fourth-order valence-electron chi connectivity index (χ4n) is 1.30. The Kier molecular flexibility index (Phi) is 4.69. The molecule has 0 bridgehead atoms. The summed E-state index contributed by atoms with van der Waals surface area (Å²) in [6, 6.07) is 1.91. The summed E-state index contributed by atoms with van der Waals surface area (Å²) in [4.78, 5) is 30.7. The van der Waals surface area contributed by atoms with Crippen LogP contribution in [0.1, 0.15) is 0 Å². The van der Waals surface area contributed by atoms with Crippen molar-refractivity contribution in [2.24, 2.45) is 0 Å². The van der Waals surface area contributed by atoms with Crippen LogP contribution in [0.2, 0.25) is 0 Å². The number of carbonyl (C=O) groups is 2. The van der Waals surface area contributed by atoms with E-state index in [4.69, 9.17) is 0 Å². The van der Waals surface area contributed by atoms with Gasteiger partial charge in [0, 0.05) is 0 Å². The standard InChI is InChI=1S/C11H11N3O3S2/c1-17-9(16)4-12-8(15)5-19-11-10-7(2-3-18-10)13-6-14-11/h2-3,6H,4-5H2,1H3,(H,12,15). The number of hydrogen-bond donors (Lipinski definition) is 1. The van der Waals surface area contributed by atoms with E-state index < -0.39 is 5.97 Å². The first-order valence-electron chi connectivity index (χ1n) is 5.35. The summed E-state index contributed by atoms with van der Waals surface area (Å²) >= 11 is 2.85. The normalized spacial score (nSPS) is 10.4. The van der Waals surface area contributed by atoms with Crippen LogP contribution in [-0.2, 0) is 14.3 Å². The van der Waals surface area contributed by atoms with Crippen LogP contribution in [0, 0.1) is 0 Å². The van der Waals surface area contributed by atoms with Crippen LogP contribution in [0.3, 0.4) is 0 Å². The summed E-state index contributed by atoms with van der Waals surface area (Å²) in [7, 11) is 1.28. The number of aromatic nitrogens is 2. The van der Waals surface area contributed by atoms with Gasteiger partial charge < -0.3 is 10.1 Å². The number of rotatable bonds is 5. The van der Waals surface area contributed by atoms with Crippen LogP contribution in [-0.4, -0.2) is 41.3 Å². The van der Waals surface area contributed by atoms with Gasteiger partial charge in [0.05, 0.1) is 23.1 Å². The maximum absolute atomic E-state index is 11.5. The average Bonchev–Trinajstić information content (AvgIpc) is 2.91. The predicted octanol–water partition coefficient (Wildman–Crippen LogP) is 1.07. The highest BCUT2D eigenvalue weighted by Crippen LogP contribution is 2.28. The zero-order valence-corrected chi connectivity index (χ0v) is 11.7. The highest BCUT2D eigenvalue weighted by Gasteiger charge is 2.09. The van der Waals surface area contributed by atoms with E-state index in [-0.39, 0.29) is 18.2 Å². The lowest BCUT2D eigenvalue weighted by Crippen LogP contribution is -2.31. The maximum Gasteiger partial charge on any atom is 0.325 e. The molecule has 1 N–H and O–H groups in total. The number of amides is 1. The number of carbonyl (C=O) groups excluding carboxylic acids is 2. The van der Waals surface area contributed by atoms with Crippen molar-refractivity contribution >= 4 is 45.2 Å². The molecule has 0 radical (unpaired) electrons. The monoisotopic (exact) mass is 297 g/mol. The van der Waals surface area contributed by atoms with Gasteiger partial charge in [-0.1, -0.05) is 11.8 Å². The van der Waals surface area contributed by atoms with Crippen molar-refractivity contribution in [3.63, 3.8) is 0 Å². The Morgan fingerprint density at radius 3 is 3.11 bits per heavy atom. The molecule has 0 saturated carbocycles. The van der Waals surface area contributed by atoms with Crippen molar-refractivity contribution in [1.29, 1.82) is 0 Å². The third-order valence-corrected chi connectivity index (χ3v) is 4.24. The minimum atomic E-state index is -0.471.